The number of benzene rings is 1. The van der Waals surface area contributed by atoms with Crippen LogP contribution in [0.4, 0.5) is 0 Å². The molecule has 1 atom stereocenters. The Hall–Kier alpha value is -0.930. The lowest BCUT2D eigenvalue weighted by atomic mass is 10.1. The van der Waals surface area contributed by atoms with E-state index in [1.54, 1.807) is 0 Å². The van der Waals surface area contributed by atoms with Crippen LogP contribution in [-0.2, 0) is 0 Å². The third-order valence-electron chi connectivity index (χ3n) is 2.64. The van der Waals surface area contributed by atoms with Gasteiger partial charge >= 0.3 is 0 Å². The average Bonchev–Trinajstić information content (AvgIpc) is 2.28. The first kappa shape index (κ1) is 11.6. The number of fused-ring (bicyclic) bond motifs is 1. The Bertz CT molecular complexity index is 382. The second kappa shape index (κ2) is 4.93. The summed E-state index contributed by atoms with van der Waals surface area (Å²) in [6, 6.07) is 4.01. The maximum Gasteiger partial charge on any atom is 0.162 e. The number of hydrogen-bond acceptors (Lipinski definition) is 3. The van der Waals surface area contributed by atoms with E-state index in [0.29, 0.717) is 13.2 Å². The highest BCUT2D eigenvalue weighted by atomic mass is 35.5. The van der Waals surface area contributed by atoms with E-state index in [-0.39, 0.29) is 6.04 Å². The smallest absolute Gasteiger partial charge is 0.162 e. The molecule has 1 aromatic carbocycles. The van der Waals surface area contributed by atoms with E-state index in [9.17, 15) is 0 Å². The van der Waals surface area contributed by atoms with Crippen LogP contribution in [0.25, 0.3) is 0 Å². The van der Waals surface area contributed by atoms with Gasteiger partial charge in [-0.1, -0.05) is 18.5 Å². The summed E-state index contributed by atoms with van der Waals surface area (Å²) in [5.74, 6) is 1.53. The molecule has 4 heteroatoms. The molecule has 0 spiro atoms. The van der Waals surface area contributed by atoms with Crippen LogP contribution in [0.1, 0.15) is 25.5 Å². The van der Waals surface area contributed by atoms with Crippen molar-refractivity contribution in [3.63, 3.8) is 0 Å². The molecular formula is C12H16ClNO2. The summed E-state index contributed by atoms with van der Waals surface area (Å²) in [6.07, 6.45) is 0. The van der Waals surface area contributed by atoms with Crippen molar-refractivity contribution in [3.05, 3.63) is 22.7 Å². The van der Waals surface area contributed by atoms with Crippen LogP contribution >= 0.6 is 11.6 Å². The molecule has 0 aromatic heterocycles. The van der Waals surface area contributed by atoms with E-state index >= 15 is 0 Å². The predicted octanol–water partition coefficient (Wildman–Crippen LogP) is 2.78. The minimum Gasteiger partial charge on any atom is -0.486 e. The van der Waals surface area contributed by atoms with Crippen LogP contribution in [0.5, 0.6) is 11.5 Å². The van der Waals surface area contributed by atoms with Crippen molar-refractivity contribution < 1.29 is 9.47 Å². The summed E-state index contributed by atoms with van der Waals surface area (Å²) in [5, 5.41) is 4.05. The van der Waals surface area contributed by atoms with Crippen LogP contribution in [0.15, 0.2) is 12.1 Å². The normalized spacial score (nSPS) is 15.9. The van der Waals surface area contributed by atoms with E-state index in [1.165, 1.54) is 0 Å². The van der Waals surface area contributed by atoms with Crippen molar-refractivity contribution in [2.24, 2.45) is 0 Å². The molecule has 0 amide bonds. The van der Waals surface area contributed by atoms with Gasteiger partial charge in [0.1, 0.15) is 13.2 Å². The Morgan fingerprint density at radius 3 is 2.56 bits per heavy atom. The van der Waals surface area contributed by atoms with Crippen LogP contribution in [0.3, 0.4) is 0 Å². The molecule has 2 rings (SSSR count). The van der Waals surface area contributed by atoms with Gasteiger partial charge in [0.2, 0.25) is 0 Å². The standard InChI is InChI=1S/C12H16ClNO2/c1-3-14-8(2)9-6-11-12(7-10(9)13)16-5-4-15-11/h6-8,14H,3-5H2,1-2H3. The molecule has 0 aliphatic carbocycles. The molecule has 0 saturated heterocycles. The predicted molar refractivity (Wildman–Crippen MR) is 64.5 cm³/mol. The Morgan fingerprint density at radius 1 is 1.31 bits per heavy atom. The third kappa shape index (κ3) is 2.25. The monoisotopic (exact) mass is 241 g/mol. The summed E-state index contributed by atoms with van der Waals surface area (Å²) >= 11 is 6.22. The SMILES string of the molecule is CCNC(C)c1cc2c(cc1Cl)OCCO2. The van der Waals surface area contributed by atoms with Gasteiger partial charge < -0.3 is 14.8 Å². The first-order valence-corrected chi connectivity index (χ1v) is 5.92. The Morgan fingerprint density at radius 2 is 1.94 bits per heavy atom. The highest BCUT2D eigenvalue weighted by Gasteiger charge is 2.17. The van der Waals surface area contributed by atoms with Crippen LogP contribution < -0.4 is 14.8 Å². The van der Waals surface area contributed by atoms with Gasteiger partial charge in [0, 0.05) is 17.1 Å². The topological polar surface area (TPSA) is 30.5 Å². The molecule has 1 aliphatic heterocycles. The zero-order valence-electron chi connectivity index (χ0n) is 9.55. The lowest BCUT2D eigenvalue weighted by Gasteiger charge is -2.22. The fourth-order valence-electron chi connectivity index (χ4n) is 1.83. The minimum absolute atomic E-state index is 0.216. The maximum atomic E-state index is 6.22. The van der Waals surface area contributed by atoms with Gasteiger partial charge in [0.15, 0.2) is 11.5 Å². The van der Waals surface area contributed by atoms with Crippen molar-refractivity contribution >= 4 is 11.6 Å². The third-order valence-corrected chi connectivity index (χ3v) is 2.97. The molecule has 3 nitrogen and oxygen atoms in total. The molecule has 88 valence electrons. The molecule has 1 aliphatic rings. The molecule has 16 heavy (non-hydrogen) atoms. The number of nitrogens with one attached hydrogen (secondary N) is 1. The lowest BCUT2D eigenvalue weighted by Crippen LogP contribution is -2.19. The summed E-state index contributed by atoms with van der Waals surface area (Å²) in [6.45, 7) is 6.25. The van der Waals surface area contributed by atoms with E-state index in [4.69, 9.17) is 21.1 Å². The molecule has 0 bridgehead atoms. The van der Waals surface area contributed by atoms with Gasteiger partial charge in [0.25, 0.3) is 0 Å². The van der Waals surface area contributed by atoms with Crippen molar-refractivity contribution in [1.29, 1.82) is 0 Å². The zero-order chi connectivity index (χ0) is 11.5. The van der Waals surface area contributed by atoms with Gasteiger partial charge in [-0.3, -0.25) is 0 Å². The van der Waals surface area contributed by atoms with Gasteiger partial charge in [-0.2, -0.15) is 0 Å². The molecule has 0 radical (unpaired) electrons. The number of halogens is 1. The number of hydrogen-bond donors (Lipinski definition) is 1. The quantitative estimate of drug-likeness (QED) is 0.883. The van der Waals surface area contributed by atoms with Crippen molar-refractivity contribution in [1.82, 2.24) is 5.32 Å². The second-order valence-corrected chi connectivity index (χ2v) is 4.20. The summed E-state index contributed by atoms with van der Waals surface area (Å²) < 4.78 is 11.0. The molecule has 1 unspecified atom stereocenters. The highest BCUT2D eigenvalue weighted by Crippen LogP contribution is 2.37. The molecule has 0 saturated carbocycles. The Labute approximate surface area is 101 Å². The van der Waals surface area contributed by atoms with Gasteiger partial charge in [-0.15, -0.1) is 0 Å². The van der Waals surface area contributed by atoms with Crippen LogP contribution in [0, 0.1) is 0 Å². The van der Waals surface area contributed by atoms with Gasteiger partial charge in [0.05, 0.1) is 0 Å². The van der Waals surface area contributed by atoms with Gasteiger partial charge in [-0.05, 0) is 25.1 Å². The Balaban J connectivity index is 2.31. The van der Waals surface area contributed by atoms with Crippen LogP contribution in [-0.4, -0.2) is 19.8 Å². The molecule has 1 heterocycles. The van der Waals surface area contributed by atoms with Crippen molar-refractivity contribution in [3.8, 4) is 11.5 Å². The second-order valence-electron chi connectivity index (χ2n) is 3.80. The average molecular weight is 242 g/mol. The van der Waals surface area contributed by atoms with E-state index in [0.717, 1.165) is 28.6 Å². The number of rotatable bonds is 3. The summed E-state index contributed by atoms with van der Waals surface area (Å²) in [5.41, 5.74) is 1.05. The zero-order valence-corrected chi connectivity index (χ0v) is 10.3. The van der Waals surface area contributed by atoms with Crippen LogP contribution in [0.2, 0.25) is 5.02 Å². The lowest BCUT2D eigenvalue weighted by molar-refractivity contribution is 0.171. The highest BCUT2D eigenvalue weighted by molar-refractivity contribution is 6.31. The van der Waals surface area contributed by atoms with Gasteiger partial charge in [-0.25, -0.2) is 0 Å². The molecule has 0 fully saturated rings. The van der Waals surface area contributed by atoms with E-state index in [2.05, 4.69) is 19.2 Å². The summed E-state index contributed by atoms with van der Waals surface area (Å²) in [7, 11) is 0. The maximum absolute atomic E-state index is 6.22. The van der Waals surface area contributed by atoms with E-state index in [1.807, 2.05) is 12.1 Å². The van der Waals surface area contributed by atoms with E-state index < -0.39 is 0 Å². The molecule has 1 aromatic rings. The summed E-state index contributed by atoms with van der Waals surface area (Å²) in [4.78, 5) is 0. The molecule has 1 N–H and O–H groups in total. The Kier molecular flexibility index (Phi) is 3.56. The fourth-order valence-corrected chi connectivity index (χ4v) is 2.14. The largest absolute Gasteiger partial charge is 0.486 e. The minimum atomic E-state index is 0.216. The van der Waals surface area contributed by atoms with Crippen molar-refractivity contribution in [2.75, 3.05) is 19.8 Å². The number of ether oxygens (including phenoxy) is 2. The fraction of sp³-hybridized carbons (Fsp3) is 0.500. The first-order valence-electron chi connectivity index (χ1n) is 5.54. The van der Waals surface area contributed by atoms with Crippen molar-refractivity contribution in [2.45, 2.75) is 19.9 Å². The first-order chi connectivity index (χ1) is 7.72. The molecular weight excluding hydrogens is 226 g/mol.